The Balaban J connectivity index is 2.61. The molecule has 0 amide bonds. The summed E-state index contributed by atoms with van der Waals surface area (Å²) in [6.07, 6.45) is 0. The summed E-state index contributed by atoms with van der Waals surface area (Å²) >= 11 is 0. The Kier molecular flexibility index (Phi) is 4.72. The summed E-state index contributed by atoms with van der Waals surface area (Å²) in [6.45, 7) is 6.30. The van der Waals surface area contributed by atoms with Crippen LogP contribution >= 0.6 is 0 Å². The van der Waals surface area contributed by atoms with Gasteiger partial charge in [0.2, 0.25) is 0 Å². The maximum Gasteiger partial charge on any atom is 0.274 e. The minimum atomic E-state index is -0.356. The van der Waals surface area contributed by atoms with Crippen molar-refractivity contribution in [1.29, 1.82) is 0 Å². The quantitative estimate of drug-likeness (QED) is 0.439. The first-order chi connectivity index (χ1) is 7.65. The van der Waals surface area contributed by atoms with Crippen LogP contribution in [0, 0.1) is 17.0 Å². The zero-order valence-electron chi connectivity index (χ0n) is 9.62. The Morgan fingerprint density at radius 1 is 1.38 bits per heavy atom. The van der Waals surface area contributed by atoms with E-state index in [1.807, 2.05) is 13.0 Å². The van der Waals surface area contributed by atoms with Crippen molar-refractivity contribution in [2.45, 2.75) is 13.8 Å². The number of nitro benzene ring substituents is 1. The second-order valence-corrected chi connectivity index (χ2v) is 3.54. The van der Waals surface area contributed by atoms with E-state index in [9.17, 15) is 10.1 Å². The van der Waals surface area contributed by atoms with Crippen molar-refractivity contribution >= 4 is 11.4 Å². The number of rotatable bonds is 6. The predicted octanol–water partition coefficient (Wildman–Crippen LogP) is 1.92. The Morgan fingerprint density at radius 3 is 2.75 bits per heavy atom. The zero-order valence-corrected chi connectivity index (χ0v) is 9.62. The third-order valence-electron chi connectivity index (χ3n) is 2.29. The largest absolute Gasteiger partial charge is 0.384 e. The molecule has 0 aliphatic rings. The second kappa shape index (κ2) is 6.07. The summed E-state index contributed by atoms with van der Waals surface area (Å²) in [7, 11) is 0. The molecule has 0 heterocycles. The molecular formula is C11H17N3O2. The summed E-state index contributed by atoms with van der Waals surface area (Å²) in [5.74, 6) is 0. The standard InChI is InChI=1S/C11H17N3O2/c1-3-12-6-7-13-10-5-4-9(2)11(8-10)14(15)16/h4-5,8,12-13H,3,6-7H2,1-2H3. The number of hydrogen-bond acceptors (Lipinski definition) is 4. The van der Waals surface area contributed by atoms with Gasteiger partial charge in [0.1, 0.15) is 0 Å². The number of nitrogens with one attached hydrogen (secondary N) is 2. The second-order valence-electron chi connectivity index (χ2n) is 3.54. The van der Waals surface area contributed by atoms with Crippen molar-refractivity contribution in [2.24, 2.45) is 0 Å². The molecule has 5 nitrogen and oxygen atoms in total. The van der Waals surface area contributed by atoms with E-state index in [0.717, 1.165) is 25.3 Å². The fourth-order valence-corrected chi connectivity index (χ4v) is 1.39. The molecule has 0 aliphatic heterocycles. The number of benzene rings is 1. The Labute approximate surface area is 95.0 Å². The summed E-state index contributed by atoms with van der Waals surface area (Å²) in [6, 6.07) is 5.18. The summed E-state index contributed by atoms with van der Waals surface area (Å²) in [5.41, 5.74) is 1.63. The third-order valence-corrected chi connectivity index (χ3v) is 2.29. The summed E-state index contributed by atoms with van der Waals surface area (Å²) in [4.78, 5) is 10.4. The molecular weight excluding hydrogens is 206 g/mol. The molecule has 0 unspecified atom stereocenters. The molecule has 0 aliphatic carbocycles. The van der Waals surface area contributed by atoms with Crippen LogP contribution in [-0.2, 0) is 0 Å². The first kappa shape index (κ1) is 12.4. The SMILES string of the molecule is CCNCCNc1ccc(C)c([N+](=O)[O-])c1. The van der Waals surface area contributed by atoms with Crippen LogP contribution in [0.1, 0.15) is 12.5 Å². The molecule has 0 bridgehead atoms. The Bertz CT molecular complexity index is 366. The lowest BCUT2D eigenvalue weighted by molar-refractivity contribution is -0.385. The van der Waals surface area contributed by atoms with Crippen molar-refractivity contribution in [3.8, 4) is 0 Å². The minimum absolute atomic E-state index is 0.161. The highest BCUT2D eigenvalue weighted by Gasteiger charge is 2.10. The molecule has 1 aromatic rings. The molecule has 0 fully saturated rings. The molecule has 0 saturated heterocycles. The van der Waals surface area contributed by atoms with Gasteiger partial charge in [0.05, 0.1) is 4.92 Å². The van der Waals surface area contributed by atoms with Crippen LogP contribution in [0.15, 0.2) is 18.2 Å². The molecule has 88 valence electrons. The van der Waals surface area contributed by atoms with Crippen LogP contribution in [0.2, 0.25) is 0 Å². The van der Waals surface area contributed by atoms with Gasteiger partial charge in [0, 0.05) is 30.4 Å². The van der Waals surface area contributed by atoms with E-state index in [1.165, 1.54) is 0 Å². The van der Waals surface area contributed by atoms with E-state index in [4.69, 9.17) is 0 Å². The number of anilines is 1. The predicted molar refractivity (Wildman–Crippen MR) is 64.9 cm³/mol. The average molecular weight is 223 g/mol. The molecule has 1 aromatic carbocycles. The third kappa shape index (κ3) is 3.51. The van der Waals surface area contributed by atoms with E-state index in [2.05, 4.69) is 10.6 Å². The van der Waals surface area contributed by atoms with E-state index < -0.39 is 0 Å². The maximum atomic E-state index is 10.7. The van der Waals surface area contributed by atoms with Gasteiger partial charge in [-0.3, -0.25) is 10.1 Å². The topological polar surface area (TPSA) is 67.2 Å². The molecule has 0 radical (unpaired) electrons. The van der Waals surface area contributed by atoms with Crippen molar-refractivity contribution in [2.75, 3.05) is 25.0 Å². The van der Waals surface area contributed by atoms with Gasteiger partial charge < -0.3 is 10.6 Å². The van der Waals surface area contributed by atoms with Gasteiger partial charge in [0.25, 0.3) is 5.69 Å². The van der Waals surface area contributed by atoms with Gasteiger partial charge in [-0.25, -0.2) is 0 Å². The fourth-order valence-electron chi connectivity index (χ4n) is 1.39. The van der Waals surface area contributed by atoms with Crippen molar-refractivity contribution in [1.82, 2.24) is 5.32 Å². The number of nitro groups is 1. The molecule has 0 atom stereocenters. The lowest BCUT2D eigenvalue weighted by atomic mass is 10.2. The lowest BCUT2D eigenvalue weighted by Crippen LogP contribution is -2.21. The van der Waals surface area contributed by atoms with Crippen LogP contribution < -0.4 is 10.6 Å². The van der Waals surface area contributed by atoms with Crippen molar-refractivity contribution in [3.05, 3.63) is 33.9 Å². The summed E-state index contributed by atoms with van der Waals surface area (Å²) < 4.78 is 0. The summed E-state index contributed by atoms with van der Waals surface area (Å²) in [5, 5.41) is 17.0. The van der Waals surface area contributed by atoms with Gasteiger partial charge >= 0.3 is 0 Å². The molecule has 5 heteroatoms. The molecule has 0 spiro atoms. The Hall–Kier alpha value is -1.62. The normalized spacial score (nSPS) is 10.1. The fraction of sp³-hybridized carbons (Fsp3) is 0.455. The number of nitrogens with zero attached hydrogens (tertiary/aromatic N) is 1. The highest BCUT2D eigenvalue weighted by molar-refractivity contribution is 5.54. The van der Waals surface area contributed by atoms with E-state index >= 15 is 0 Å². The molecule has 1 rings (SSSR count). The first-order valence-corrected chi connectivity index (χ1v) is 5.34. The molecule has 0 saturated carbocycles. The van der Waals surface area contributed by atoms with Crippen LogP contribution in [0.4, 0.5) is 11.4 Å². The molecule has 0 aromatic heterocycles. The number of hydrogen-bond donors (Lipinski definition) is 2. The van der Waals surface area contributed by atoms with E-state index in [1.54, 1.807) is 19.1 Å². The monoisotopic (exact) mass is 223 g/mol. The van der Waals surface area contributed by atoms with Crippen LogP contribution in [-0.4, -0.2) is 24.6 Å². The van der Waals surface area contributed by atoms with Crippen LogP contribution in [0.3, 0.4) is 0 Å². The van der Waals surface area contributed by atoms with Crippen molar-refractivity contribution < 1.29 is 4.92 Å². The van der Waals surface area contributed by atoms with Crippen LogP contribution in [0.5, 0.6) is 0 Å². The zero-order chi connectivity index (χ0) is 12.0. The van der Waals surface area contributed by atoms with E-state index in [0.29, 0.717) is 5.56 Å². The van der Waals surface area contributed by atoms with Gasteiger partial charge in [0.15, 0.2) is 0 Å². The van der Waals surface area contributed by atoms with Crippen LogP contribution in [0.25, 0.3) is 0 Å². The van der Waals surface area contributed by atoms with Crippen molar-refractivity contribution in [3.63, 3.8) is 0 Å². The van der Waals surface area contributed by atoms with Gasteiger partial charge in [-0.15, -0.1) is 0 Å². The van der Waals surface area contributed by atoms with Gasteiger partial charge in [-0.05, 0) is 19.5 Å². The molecule has 2 N–H and O–H groups in total. The van der Waals surface area contributed by atoms with E-state index in [-0.39, 0.29) is 10.6 Å². The lowest BCUT2D eigenvalue weighted by Gasteiger charge is -2.07. The highest BCUT2D eigenvalue weighted by atomic mass is 16.6. The molecule has 16 heavy (non-hydrogen) atoms. The highest BCUT2D eigenvalue weighted by Crippen LogP contribution is 2.21. The smallest absolute Gasteiger partial charge is 0.274 e. The first-order valence-electron chi connectivity index (χ1n) is 5.34. The number of aryl methyl sites for hydroxylation is 1. The average Bonchev–Trinajstić information content (AvgIpc) is 2.26. The Morgan fingerprint density at radius 2 is 2.12 bits per heavy atom. The van der Waals surface area contributed by atoms with Gasteiger partial charge in [-0.2, -0.15) is 0 Å². The maximum absolute atomic E-state index is 10.7. The van der Waals surface area contributed by atoms with Gasteiger partial charge in [-0.1, -0.05) is 13.0 Å². The number of likely N-dealkylation sites (N-methyl/N-ethyl adjacent to an activating group) is 1. The minimum Gasteiger partial charge on any atom is -0.384 e.